The molecule has 0 radical (unpaired) electrons. The van der Waals surface area contributed by atoms with Gasteiger partial charge in [0, 0.05) is 11.8 Å². The molecule has 0 saturated heterocycles. The molecule has 4 atom stereocenters. The molecule has 0 aromatic heterocycles. The van der Waals surface area contributed by atoms with E-state index in [2.05, 4.69) is 67.5 Å². The summed E-state index contributed by atoms with van der Waals surface area (Å²) in [7, 11) is 0. The van der Waals surface area contributed by atoms with E-state index in [4.69, 9.17) is 0 Å². The minimum Gasteiger partial charge on any atom is -0.392 e. The highest BCUT2D eigenvalue weighted by Gasteiger charge is 2.36. The van der Waals surface area contributed by atoms with Crippen molar-refractivity contribution < 1.29 is 10.2 Å². The Labute approximate surface area is 162 Å². The minimum atomic E-state index is -0.156. The molecule has 2 N–H and O–H groups in total. The maximum absolute atomic E-state index is 10.1. The molecule has 0 aromatic carbocycles. The fourth-order valence-corrected chi connectivity index (χ4v) is 4.47. The van der Waals surface area contributed by atoms with Gasteiger partial charge >= 0.3 is 0 Å². The predicted molar refractivity (Wildman–Crippen MR) is 113 cm³/mol. The molecule has 4 unspecified atom stereocenters. The summed E-state index contributed by atoms with van der Waals surface area (Å²) < 4.78 is 0. The Kier molecular flexibility index (Phi) is 8.61. The van der Waals surface area contributed by atoms with Crippen LogP contribution in [0.25, 0.3) is 0 Å². The van der Waals surface area contributed by atoms with E-state index in [0.717, 1.165) is 25.7 Å². The van der Waals surface area contributed by atoms with E-state index in [1.54, 1.807) is 0 Å². The van der Waals surface area contributed by atoms with Crippen molar-refractivity contribution in [2.45, 2.75) is 106 Å². The first-order valence-corrected chi connectivity index (χ1v) is 10.5. The van der Waals surface area contributed by atoms with Crippen LogP contribution in [-0.4, -0.2) is 22.4 Å². The highest BCUT2D eigenvalue weighted by atomic mass is 16.3. The SMILES string of the molecule is CC(C)=CC1CCC(C)(C)CC1O.CC(C)=CC1CCCC(C)(C)C1O. The lowest BCUT2D eigenvalue weighted by Crippen LogP contribution is -2.39. The molecule has 0 amide bonds. The number of hydrogen-bond acceptors (Lipinski definition) is 2. The summed E-state index contributed by atoms with van der Waals surface area (Å²) in [5, 5.41) is 20.0. The molecule has 2 aliphatic carbocycles. The van der Waals surface area contributed by atoms with Crippen LogP contribution in [0.3, 0.4) is 0 Å². The van der Waals surface area contributed by atoms with E-state index >= 15 is 0 Å². The molecule has 0 aliphatic heterocycles. The Balaban J connectivity index is 0.000000260. The fourth-order valence-electron chi connectivity index (χ4n) is 4.47. The van der Waals surface area contributed by atoms with Gasteiger partial charge in [-0.1, -0.05) is 57.4 Å². The summed E-state index contributed by atoms with van der Waals surface area (Å²) in [6.45, 7) is 17.2. The van der Waals surface area contributed by atoms with Gasteiger partial charge in [0.1, 0.15) is 0 Å². The van der Waals surface area contributed by atoms with E-state index in [1.165, 1.54) is 24.0 Å². The summed E-state index contributed by atoms with van der Waals surface area (Å²) in [6, 6.07) is 0. The second-order valence-corrected chi connectivity index (χ2v) is 10.6. The van der Waals surface area contributed by atoms with Gasteiger partial charge in [0.25, 0.3) is 0 Å². The number of rotatable bonds is 2. The monoisotopic (exact) mass is 364 g/mol. The number of allylic oxidation sites excluding steroid dienone is 2. The topological polar surface area (TPSA) is 40.5 Å². The van der Waals surface area contributed by atoms with Crippen LogP contribution in [0.1, 0.15) is 93.9 Å². The van der Waals surface area contributed by atoms with E-state index < -0.39 is 0 Å². The Hall–Kier alpha value is -0.600. The third-order valence-corrected chi connectivity index (χ3v) is 6.07. The fraction of sp³-hybridized carbons (Fsp3) is 0.833. The highest BCUT2D eigenvalue weighted by Crippen LogP contribution is 2.40. The molecule has 0 bridgehead atoms. The Bertz CT molecular complexity index is 490. The molecule has 26 heavy (non-hydrogen) atoms. The van der Waals surface area contributed by atoms with E-state index in [-0.39, 0.29) is 17.6 Å². The quantitative estimate of drug-likeness (QED) is 0.566. The van der Waals surface area contributed by atoms with Crippen molar-refractivity contribution in [3.05, 3.63) is 23.3 Å². The minimum absolute atomic E-state index is 0.106. The molecule has 0 spiro atoms. The van der Waals surface area contributed by atoms with Gasteiger partial charge in [-0.05, 0) is 70.6 Å². The van der Waals surface area contributed by atoms with Crippen LogP contribution in [0, 0.1) is 22.7 Å². The molecular formula is C24H44O2. The molecule has 152 valence electrons. The lowest BCUT2D eigenvalue weighted by Gasteiger charge is -2.39. The van der Waals surface area contributed by atoms with Gasteiger partial charge < -0.3 is 10.2 Å². The second kappa shape index (κ2) is 9.55. The van der Waals surface area contributed by atoms with Gasteiger partial charge in [-0.15, -0.1) is 0 Å². The standard InChI is InChI=1S/2C12H22O/c1-9(2)7-10-5-6-12(3,4)8-11(10)13;1-9(2)8-10-6-5-7-12(3,4)11(10)13/h7,10-11,13H,5-6,8H2,1-4H3;8,10-11,13H,5-7H2,1-4H3. The number of aliphatic hydroxyl groups excluding tert-OH is 2. The summed E-state index contributed by atoms with van der Waals surface area (Å²) >= 11 is 0. The zero-order chi connectivity index (χ0) is 20.1. The molecule has 0 heterocycles. The first-order chi connectivity index (χ1) is 11.8. The van der Waals surface area contributed by atoms with Gasteiger partial charge in [0.15, 0.2) is 0 Å². The normalized spacial score (nSPS) is 32.7. The van der Waals surface area contributed by atoms with Crippen LogP contribution in [0.4, 0.5) is 0 Å². The number of hydrogen-bond donors (Lipinski definition) is 2. The van der Waals surface area contributed by atoms with Gasteiger partial charge in [0.05, 0.1) is 12.2 Å². The van der Waals surface area contributed by atoms with Crippen LogP contribution >= 0.6 is 0 Å². The zero-order valence-corrected chi connectivity index (χ0v) is 18.6. The molecule has 2 heteroatoms. The van der Waals surface area contributed by atoms with Crippen molar-refractivity contribution in [2.75, 3.05) is 0 Å². The van der Waals surface area contributed by atoms with Gasteiger partial charge in [-0.25, -0.2) is 0 Å². The summed E-state index contributed by atoms with van der Waals surface area (Å²) in [5.41, 5.74) is 3.09. The van der Waals surface area contributed by atoms with Gasteiger partial charge in [-0.3, -0.25) is 0 Å². The van der Waals surface area contributed by atoms with E-state index in [0.29, 0.717) is 17.3 Å². The molecule has 2 saturated carbocycles. The van der Waals surface area contributed by atoms with Crippen molar-refractivity contribution in [3.8, 4) is 0 Å². The third kappa shape index (κ3) is 7.56. The van der Waals surface area contributed by atoms with Crippen LogP contribution in [0.5, 0.6) is 0 Å². The van der Waals surface area contributed by atoms with E-state index in [1.807, 2.05) is 0 Å². The lowest BCUT2D eigenvalue weighted by atomic mass is 9.69. The van der Waals surface area contributed by atoms with Crippen LogP contribution in [0.2, 0.25) is 0 Å². The first-order valence-electron chi connectivity index (χ1n) is 10.5. The largest absolute Gasteiger partial charge is 0.392 e. The molecule has 2 fully saturated rings. The molecule has 2 aliphatic rings. The lowest BCUT2D eigenvalue weighted by molar-refractivity contribution is -0.0157. The molecule has 0 aromatic rings. The first kappa shape index (κ1) is 23.4. The van der Waals surface area contributed by atoms with Crippen molar-refractivity contribution in [1.82, 2.24) is 0 Å². The van der Waals surface area contributed by atoms with Crippen molar-refractivity contribution in [3.63, 3.8) is 0 Å². The molecule has 2 rings (SSSR count). The molecular weight excluding hydrogens is 320 g/mol. The van der Waals surface area contributed by atoms with Crippen LogP contribution in [0.15, 0.2) is 23.3 Å². The average molecular weight is 365 g/mol. The third-order valence-electron chi connectivity index (χ3n) is 6.07. The van der Waals surface area contributed by atoms with Crippen molar-refractivity contribution in [2.24, 2.45) is 22.7 Å². The predicted octanol–water partition coefficient (Wildman–Crippen LogP) is 6.28. The summed E-state index contributed by atoms with van der Waals surface area (Å²) in [4.78, 5) is 0. The van der Waals surface area contributed by atoms with Gasteiger partial charge in [0.2, 0.25) is 0 Å². The van der Waals surface area contributed by atoms with Crippen molar-refractivity contribution in [1.29, 1.82) is 0 Å². The average Bonchev–Trinajstić information content (AvgIpc) is 2.46. The molecule has 2 nitrogen and oxygen atoms in total. The van der Waals surface area contributed by atoms with Crippen LogP contribution < -0.4 is 0 Å². The second-order valence-electron chi connectivity index (χ2n) is 10.6. The maximum atomic E-state index is 10.1. The van der Waals surface area contributed by atoms with Gasteiger partial charge in [-0.2, -0.15) is 0 Å². The zero-order valence-electron chi connectivity index (χ0n) is 18.6. The number of aliphatic hydroxyl groups is 2. The summed E-state index contributed by atoms with van der Waals surface area (Å²) in [6.07, 6.45) is 11.0. The van der Waals surface area contributed by atoms with Crippen molar-refractivity contribution >= 4 is 0 Å². The van der Waals surface area contributed by atoms with Crippen LogP contribution in [-0.2, 0) is 0 Å². The Morgan fingerprint density at radius 2 is 1.35 bits per heavy atom. The Morgan fingerprint density at radius 3 is 1.85 bits per heavy atom. The summed E-state index contributed by atoms with van der Waals surface area (Å²) in [5.74, 6) is 0.784. The highest BCUT2D eigenvalue weighted by molar-refractivity contribution is 5.04. The maximum Gasteiger partial charge on any atom is 0.0653 e. The Morgan fingerprint density at radius 1 is 0.808 bits per heavy atom. The smallest absolute Gasteiger partial charge is 0.0653 e. The van der Waals surface area contributed by atoms with E-state index in [9.17, 15) is 10.2 Å².